The van der Waals surface area contributed by atoms with Gasteiger partial charge in [-0.05, 0) is 34.8 Å². The molecule has 0 aliphatic heterocycles. The summed E-state index contributed by atoms with van der Waals surface area (Å²) in [5, 5.41) is 0. The fourth-order valence-corrected chi connectivity index (χ4v) is 3.04. The predicted octanol–water partition coefficient (Wildman–Crippen LogP) is 3.46. The van der Waals surface area contributed by atoms with Crippen LogP contribution in [0.1, 0.15) is 31.2 Å². The Kier molecular flexibility index (Phi) is 3.41. The first-order valence-electron chi connectivity index (χ1n) is 5.50. The molecule has 0 amide bonds. The first kappa shape index (κ1) is 12.8. The molecule has 0 heterocycles. The van der Waals surface area contributed by atoms with Crippen LogP contribution >= 0.6 is 15.9 Å². The molecule has 1 aliphatic rings. The summed E-state index contributed by atoms with van der Waals surface area (Å²) < 4.78 is 33.0. The van der Waals surface area contributed by atoms with E-state index in [2.05, 4.69) is 15.9 Å². The van der Waals surface area contributed by atoms with Crippen molar-refractivity contribution in [2.45, 2.75) is 31.2 Å². The van der Waals surface area contributed by atoms with Crippen LogP contribution in [-0.2, 0) is 5.54 Å². The predicted molar refractivity (Wildman–Crippen MR) is 64.9 cm³/mol. The van der Waals surface area contributed by atoms with E-state index in [1.165, 1.54) is 7.11 Å². The fourth-order valence-electron chi connectivity index (χ4n) is 2.48. The molecule has 0 spiro atoms. The van der Waals surface area contributed by atoms with Crippen molar-refractivity contribution in [3.05, 3.63) is 27.7 Å². The lowest BCUT2D eigenvalue weighted by Gasteiger charge is -2.27. The van der Waals surface area contributed by atoms with Crippen molar-refractivity contribution in [1.82, 2.24) is 0 Å². The van der Waals surface area contributed by atoms with Gasteiger partial charge in [0.05, 0.1) is 17.1 Å². The highest BCUT2D eigenvalue weighted by Gasteiger charge is 2.38. The highest BCUT2D eigenvalue weighted by molar-refractivity contribution is 9.10. The topological polar surface area (TPSA) is 35.2 Å². The zero-order chi connectivity index (χ0) is 12.6. The summed E-state index contributed by atoms with van der Waals surface area (Å²) in [6.07, 6.45) is 3.15. The van der Waals surface area contributed by atoms with Crippen molar-refractivity contribution >= 4 is 15.9 Å². The number of benzene rings is 1. The van der Waals surface area contributed by atoms with Gasteiger partial charge in [0.1, 0.15) is 5.75 Å². The molecule has 94 valence electrons. The maximum absolute atomic E-state index is 14.0. The number of rotatable bonds is 2. The second kappa shape index (κ2) is 4.53. The summed E-state index contributed by atoms with van der Waals surface area (Å²) >= 11 is 3.18. The van der Waals surface area contributed by atoms with Gasteiger partial charge in [0, 0.05) is 5.54 Å². The molecule has 2 rings (SSSR count). The molecule has 0 saturated heterocycles. The Labute approximate surface area is 107 Å². The Morgan fingerprint density at radius 1 is 1.35 bits per heavy atom. The molecule has 1 aliphatic carbocycles. The van der Waals surface area contributed by atoms with Crippen LogP contribution in [0.2, 0.25) is 0 Å². The van der Waals surface area contributed by atoms with E-state index in [1.807, 2.05) is 0 Å². The minimum absolute atomic E-state index is 0.157. The van der Waals surface area contributed by atoms with Crippen LogP contribution in [0.25, 0.3) is 0 Å². The molecule has 0 aromatic heterocycles. The third-order valence-corrected chi connectivity index (χ3v) is 3.91. The number of hydrogen-bond acceptors (Lipinski definition) is 2. The molecule has 0 atom stereocenters. The van der Waals surface area contributed by atoms with Gasteiger partial charge in [-0.2, -0.15) is 0 Å². The van der Waals surface area contributed by atoms with Crippen molar-refractivity contribution in [3.8, 4) is 5.75 Å². The van der Waals surface area contributed by atoms with E-state index < -0.39 is 17.2 Å². The van der Waals surface area contributed by atoms with Crippen LogP contribution in [0.3, 0.4) is 0 Å². The van der Waals surface area contributed by atoms with Crippen LogP contribution in [-0.4, -0.2) is 7.11 Å². The molecule has 2 nitrogen and oxygen atoms in total. The summed E-state index contributed by atoms with van der Waals surface area (Å²) in [6, 6.07) is 1.07. The van der Waals surface area contributed by atoms with Gasteiger partial charge in [0.2, 0.25) is 0 Å². The van der Waals surface area contributed by atoms with Crippen molar-refractivity contribution in [1.29, 1.82) is 0 Å². The molecule has 0 bridgehead atoms. The standard InChI is InChI=1S/C12H14BrF2NO/c1-17-11-7(13)6-8(14)10(15)9(11)12(16)4-2-3-5-12/h6H,2-5,16H2,1H3. The Morgan fingerprint density at radius 2 is 1.94 bits per heavy atom. The number of halogens is 3. The third kappa shape index (κ3) is 2.06. The third-order valence-electron chi connectivity index (χ3n) is 3.32. The highest BCUT2D eigenvalue weighted by Crippen LogP contribution is 2.45. The average Bonchev–Trinajstić information content (AvgIpc) is 2.71. The molecule has 17 heavy (non-hydrogen) atoms. The van der Waals surface area contributed by atoms with Gasteiger partial charge in [-0.25, -0.2) is 8.78 Å². The second-order valence-electron chi connectivity index (χ2n) is 4.43. The van der Waals surface area contributed by atoms with Crippen molar-refractivity contribution in [2.75, 3.05) is 7.11 Å². The minimum Gasteiger partial charge on any atom is -0.495 e. The smallest absolute Gasteiger partial charge is 0.167 e. The molecule has 1 aromatic rings. The van der Waals surface area contributed by atoms with Gasteiger partial charge in [-0.1, -0.05) is 12.8 Å². The number of ether oxygens (including phenoxy) is 1. The lowest BCUT2D eigenvalue weighted by molar-refractivity contribution is 0.354. The van der Waals surface area contributed by atoms with E-state index >= 15 is 0 Å². The van der Waals surface area contributed by atoms with Crippen LogP contribution < -0.4 is 10.5 Å². The maximum Gasteiger partial charge on any atom is 0.167 e. The van der Waals surface area contributed by atoms with Crippen LogP contribution in [0.15, 0.2) is 10.5 Å². The van der Waals surface area contributed by atoms with Gasteiger partial charge in [-0.15, -0.1) is 0 Å². The first-order chi connectivity index (χ1) is 7.99. The zero-order valence-electron chi connectivity index (χ0n) is 9.53. The van der Waals surface area contributed by atoms with Gasteiger partial charge >= 0.3 is 0 Å². The molecule has 1 aromatic carbocycles. The Balaban J connectivity index is 2.65. The lowest BCUT2D eigenvalue weighted by atomic mass is 9.88. The van der Waals surface area contributed by atoms with E-state index in [0.717, 1.165) is 18.9 Å². The normalized spacial score (nSPS) is 18.4. The maximum atomic E-state index is 14.0. The lowest BCUT2D eigenvalue weighted by Crippen LogP contribution is -2.35. The second-order valence-corrected chi connectivity index (χ2v) is 5.28. The molecule has 0 radical (unpaired) electrons. The molecule has 0 unspecified atom stereocenters. The summed E-state index contributed by atoms with van der Waals surface area (Å²) in [7, 11) is 1.43. The quantitative estimate of drug-likeness (QED) is 0.849. The van der Waals surface area contributed by atoms with E-state index in [9.17, 15) is 8.78 Å². The number of hydrogen-bond donors (Lipinski definition) is 1. The highest BCUT2D eigenvalue weighted by atomic mass is 79.9. The van der Waals surface area contributed by atoms with Crippen LogP contribution in [0.5, 0.6) is 5.75 Å². The largest absolute Gasteiger partial charge is 0.495 e. The van der Waals surface area contributed by atoms with Crippen molar-refractivity contribution in [2.24, 2.45) is 5.73 Å². The SMILES string of the molecule is COc1c(Br)cc(F)c(F)c1C1(N)CCCC1. The van der Waals surface area contributed by atoms with E-state index in [-0.39, 0.29) is 5.56 Å². The van der Waals surface area contributed by atoms with Gasteiger partial charge in [-0.3, -0.25) is 0 Å². The Morgan fingerprint density at radius 3 is 2.47 bits per heavy atom. The van der Waals surface area contributed by atoms with Gasteiger partial charge in [0.15, 0.2) is 11.6 Å². The Hall–Kier alpha value is -0.680. The van der Waals surface area contributed by atoms with Crippen molar-refractivity contribution in [3.63, 3.8) is 0 Å². The molecule has 2 N–H and O–H groups in total. The number of nitrogens with two attached hydrogens (primary N) is 1. The fraction of sp³-hybridized carbons (Fsp3) is 0.500. The van der Waals surface area contributed by atoms with E-state index in [1.54, 1.807) is 0 Å². The zero-order valence-corrected chi connectivity index (χ0v) is 11.1. The summed E-state index contributed by atoms with van der Waals surface area (Å²) in [5.41, 5.74) is 5.53. The van der Waals surface area contributed by atoms with Crippen molar-refractivity contribution < 1.29 is 13.5 Å². The summed E-state index contributed by atoms with van der Waals surface area (Å²) in [5.74, 6) is -1.49. The summed E-state index contributed by atoms with van der Waals surface area (Å²) in [6.45, 7) is 0. The average molecular weight is 306 g/mol. The van der Waals surface area contributed by atoms with E-state index in [0.29, 0.717) is 23.1 Å². The monoisotopic (exact) mass is 305 g/mol. The van der Waals surface area contributed by atoms with Crippen LogP contribution in [0, 0.1) is 11.6 Å². The molecular formula is C12H14BrF2NO. The van der Waals surface area contributed by atoms with E-state index in [4.69, 9.17) is 10.5 Å². The molecular weight excluding hydrogens is 292 g/mol. The molecule has 5 heteroatoms. The Bertz CT molecular complexity index is 445. The molecule has 1 fully saturated rings. The van der Waals surface area contributed by atoms with Gasteiger partial charge in [0.25, 0.3) is 0 Å². The number of methoxy groups -OCH3 is 1. The minimum atomic E-state index is -0.899. The summed E-state index contributed by atoms with van der Waals surface area (Å²) in [4.78, 5) is 0. The molecule has 1 saturated carbocycles. The van der Waals surface area contributed by atoms with Crippen LogP contribution in [0.4, 0.5) is 8.78 Å². The first-order valence-corrected chi connectivity index (χ1v) is 6.30. The van der Waals surface area contributed by atoms with Gasteiger partial charge < -0.3 is 10.5 Å².